The number of nitrogens with zero attached hydrogens (tertiary/aromatic N) is 2. The van der Waals surface area contributed by atoms with E-state index in [1.807, 2.05) is 13.0 Å². The fraction of sp³-hybridized carbons (Fsp3) is 0.316. The van der Waals surface area contributed by atoms with Crippen molar-refractivity contribution in [2.75, 3.05) is 7.11 Å². The largest absolute Gasteiger partial charge is 0.469 e. The van der Waals surface area contributed by atoms with Gasteiger partial charge in [-0.3, -0.25) is 14.2 Å². The molecule has 5 nitrogen and oxygen atoms in total. The molecule has 27 heavy (non-hydrogen) atoms. The van der Waals surface area contributed by atoms with Gasteiger partial charge in [-0.15, -0.1) is 11.3 Å². The highest BCUT2D eigenvalue weighted by Gasteiger charge is 2.19. The fourth-order valence-corrected chi connectivity index (χ4v) is 4.42. The molecule has 0 spiro atoms. The zero-order valence-electron chi connectivity index (χ0n) is 15.1. The van der Waals surface area contributed by atoms with E-state index in [-0.39, 0.29) is 17.9 Å². The smallest absolute Gasteiger partial charge is 0.305 e. The van der Waals surface area contributed by atoms with Gasteiger partial charge in [0.25, 0.3) is 5.56 Å². The predicted molar refractivity (Wildman–Crippen MR) is 110 cm³/mol. The maximum absolute atomic E-state index is 13.2. The van der Waals surface area contributed by atoms with Crippen molar-refractivity contribution in [2.45, 2.75) is 33.2 Å². The van der Waals surface area contributed by atoms with Crippen molar-refractivity contribution in [3.05, 3.63) is 49.3 Å². The maximum Gasteiger partial charge on any atom is 0.305 e. The molecule has 0 amide bonds. The van der Waals surface area contributed by atoms with Gasteiger partial charge >= 0.3 is 5.97 Å². The van der Waals surface area contributed by atoms with Crippen LogP contribution in [0.3, 0.4) is 0 Å². The van der Waals surface area contributed by atoms with Crippen molar-refractivity contribution in [3.63, 3.8) is 0 Å². The normalized spacial score (nSPS) is 11.1. The zero-order chi connectivity index (χ0) is 19.7. The van der Waals surface area contributed by atoms with Crippen LogP contribution in [0.4, 0.5) is 0 Å². The number of hydrogen-bond donors (Lipinski definition) is 0. The lowest BCUT2D eigenvalue weighted by Crippen LogP contribution is -2.24. The first-order valence-corrected chi connectivity index (χ1v) is 9.93. The summed E-state index contributed by atoms with van der Waals surface area (Å²) in [4.78, 5) is 30.8. The van der Waals surface area contributed by atoms with Crippen LogP contribution in [0.5, 0.6) is 0 Å². The number of aromatic nitrogens is 2. The van der Waals surface area contributed by atoms with Gasteiger partial charge in [0.2, 0.25) is 0 Å². The Morgan fingerprint density at radius 2 is 2.00 bits per heavy atom. The highest BCUT2D eigenvalue weighted by Crippen LogP contribution is 2.38. The molecule has 0 bridgehead atoms. The molecule has 0 fully saturated rings. The molecule has 142 valence electrons. The minimum atomic E-state index is -0.294. The average molecular weight is 425 g/mol. The van der Waals surface area contributed by atoms with E-state index in [1.165, 1.54) is 18.4 Å². The van der Waals surface area contributed by atoms with Crippen molar-refractivity contribution in [1.82, 2.24) is 9.55 Å². The molecular formula is C19H18Cl2N2O3S. The number of benzene rings is 1. The van der Waals surface area contributed by atoms with Crippen LogP contribution in [0.15, 0.2) is 23.0 Å². The highest BCUT2D eigenvalue weighted by atomic mass is 35.5. The van der Waals surface area contributed by atoms with E-state index in [2.05, 4.69) is 9.72 Å². The third kappa shape index (κ3) is 3.88. The van der Waals surface area contributed by atoms with Gasteiger partial charge in [0, 0.05) is 23.4 Å². The molecule has 3 aromatic rings. The molecule has 0 radical (unpaired) electrons. The van der Waals surface area contributed by atoms with Crippen LogP contribution in [0.2, 0.25) is 10.0 Å². The second-order valence-electron chi connectivity index (χ2n) is 6.14. The lowest BCUT2D eigenvalue weighted by molar-refractivity contribution is -0.140. The molecule has 0 atom stereocenters. The Kier molecular flexibility index (Phi) is 5.89. The number of carbonyl (C=O) groups is 1. The Bertz CT molecular complexity index is 1090. The number of aryl methyl sites for hydroxylation is 2. The highest BCUT2D eigenvalue weighted by molar-refractivity contribution is 7.19. The zero-order valence-corrected chi connectivity index (χ0v) is 17.5. The van der Waals surface area contributed by atoms with Crippen LogP contribution >= 0.6 is 34.5 Å². The Hall–Kier alpha value is -1.89. The number of rotatable bonds is 5. The van der Waals surface area contributed by atoms with Crippen molar-refractivity contribution in [3.8, 4) is 11.1 Å². The molecule has 0 saturated heterocycles. The number of ether oxygens (including phenoxy) is 1. The Labute approximate surface area is 170 Å². The van der Waals surface area contributed by atoms with Gasteiger partial charge < -0.3 is 4.74 Å². The number of hydrogen-bond acceptors (Lipinski definition) is 5. The summed E-state index contributed by atoms with van der Waals surface area (Å²) in [6.45, 7) is 4.16. The van der Waals surface area contributed by atoms with E-state index in [0.29, 0.717) is 39.1 Å². The van der Waals surface area contributed by atoms with Crippen molar-refractivity contribution < 1.29 is 9.53 Å². The summed E-state index contributed by atoms with van der Waals surface area (Å²) in [6.07, 6.45) is 0.758. The van der Waals surface area contributed by atoms with Gasteiger partial charge in [-0.2, -0.15) is 0 Å². The number of carbonyl (C=O) groups excluding carboxylic acids is 1. The summed E-state index contributed by atoms with van der Waals surface area (Å²) in [7, 11) is 1.35. The van der Waals surface area contributed by atoms with Crippen LogP contribution in [0.1, 0.15) is 23.5 Å². The summed E-state index contributed by atoms with van der Waals surface area (Å²) in [5.41, 5.74) is 1.54. The van der Waals surface area contributed by atoms with E-state index in [0.717, 1.165) is 16.0 Å². The molecule has 0 unspecified atom stereocenters. The number of thiophene rings is 1. The maximum atomic E-state index is 13.2. The Morgan fingerprint density at radius 1 is 1.26 bits per heavy atom. The third-order valence-corrected chi connectivity index (χ3v) is 6.12. The summed E-state index contributed by atoms with van der Waals surface area (Å²) in [6, 6.07) is 5.33. The first kappa shape index (κ1) is 19.9. The molecule has 3 rings (SSSR count). The lowest BCUT2D eigenvalue weighted by atomic mass is 10.0. The number of halogens is 2. The quantitative estimate of drug-likeness (QED) is 0.540. The van der Waals surface area contributed by atoms with Crippen LogP contribution in [-0.4, -0.2) is 22.6 Å². The molecular weight excluding hydrogens is 407 g/mol. The van der Waals surface area contributed by atoms with E-state index in [1.54, 1.807) is 23.6 Å². The second-order valence-corrected chi connectivity index (χ2v) is 8.16. The van der Waals surface area contributed by atoms with Gasteiger partial charge in [0.1, 0.15) is 10.7 Å². The van der Waals surface area contributed by atoms with Crippen molar-refractivity contribution in [1.29, 1.82) is 0 Å². The van der Waals surface area contributed by atoms with Gasteiger partial charge in [-0.25, -0.2) is 4.98 Å². The van der Waals surface area contributed by atoms with Crippen molar-refractivity contribution >= 4 is 50.7 Å². The van der Waals surface area contributed by atoms with Crippen molar-refractivity contribution in [2.24, 2.45) is 0 Å². The van der Waals surface area contributed by atoms with Gasteiger partial charge in [-0.05, 0) is 38.0 Å². The molecule has 1 aromatic carbocycles. The molecule has 0 aliphatic carbocycles. The monoisotopic (exact) mass is 424 g/mol. The molecule has 0 aliphatic heterocycles. The first-order chi connectivity index (χ1) is 12.8. The average Bonchev–Trinajstić information content (AvgIpc) is 2.95. The fourth-order valence-electron chi connectivity index (χ4n) is 3.04. The first-order valence-electron chi connectivity index (χ1n) is 8.36. The Morgan fingerprint density at radius 3 is 2.67 bits per heavy atom. The minimum absolute atomic E-state index is 0.118. The number of esters is 1. The topological polar surface area (TPSA) is 61.2 Å². The van der Waals surface area contributed by atoms with Crippen LogP contribution < -0.4 is 5.56 Å². The molecule has 0 saturated carbocycles. The molecule has 0 N–H and O–H groups in total. The van der Waals surface area contributed by atoms with Gasteiger partial charge in [-0.1, -0.05) is 29.3 Å². The summed E-state index contributed by atoms with van der Waals surface area (Å²) >= 11 is 13.7. The standard InChI is InChI=1S/C19H18Cl2N2O3S/c1-10-16(12-6-7-13(20)14(21)9-12)17-18(27-10)22-11(2)23(19(17)25)8-4-5-15(24)26-3/h6-7,9H,4-5,8H2,1-3H3. The molecule has 0 aliphatic rings. The summed E-state index contributed by atoms with van der Waals surface area (Å²) in [5.74, 6) is 0.330. The molecule has 8 heteroatoms. The number of fused-ring (bicyclic) bond motifs is 1. The second kappa shape index (κ2) is 8.00. The predicted octanol–water partition coefficient (Wildman–Crippen LogP) is 5.00. The van der Waals surface area contributed by atoms with E-state index < -0.39 is 0 Å². The molecule has 2 heterocycles. The minimum Gasteiger partial charge on any atom is -0.469 e. The van der Waals surface area contributed by atoms with E-state index in [4.69, 9.17) is 23.2 Å². The Balaban J connectivity index is 2.11. The summed E-state index contributed by atoms with van der Waals surface area (Å²) in [5, 5.41) is 1.47. The number of methoxy groups -OCH3 is 1. The van der Waals surface area contributed by atoms with Crippen LogP contribution in [0.25, 0.3) is 21.3 Å². The molecule has 2 aromatic heterocycles. The van der Waals surface area contributed by atoms with Gasteiger partial charge in [0.05, 0.1) is 22.5 Å². The lowest BCUT2D eigenvalue weighted by Gasteiger charge is -2.10. The van der Waals surface area contributed by atoms with E-state index >= 15 is 0 Å². The van der Waals surface area contributed by atoms with Crippen LogP contribution in [-0.2, 0) is 16.1 Å². The van der Waals surface area contributed by atoms with E-state index in [9.17, 15) is 9.59 Å². The third-order valence-electron chi connectivity index (χ3n) is 4.38. The van der Waals surface area contributed by atoms with Crippen LogP contribution in [0, 0.1) is 13.8 Å². The summed E-state index contributed by atoms with van der Waals surface area (Å²) < 4.78 is 6.27. The van der Waals surface area contributed by atoms with Gasteiger partial charge in [0.15, 0.2) is 0 Å². The SMILES string of the molecule is COC(=O)CCCn1c(C)nc2sc(C)c(-c3ccc(Cl)c(Cl)c3)c2c1=O.